The van der Waals surface area contributed by atoms with Crippen LogP contribution in [0.15, 0.2) is 91.1 Å². The number of rotatable bonds is 6. The molecule has 67 heavy (non-hydrogen) atoms. The van der Waals surface area contributed by atoms with E-state index in [1.165, 1.54) is 39.2 Å². The van der Waals surface area contributed by atoms with Crippen molar-refractivity contribution in [2.75, 3.05) is 80.6 Å². The average molecular weight is 896 g/mol. The summed E-state index contributed by atoms with van der Waals surface area (Å²) in [6.07, 6.45) is 7.85. The molecular weight excluding hydrogens is 835 g/mol. The van der Waals surface area contributed by atoms with Crippen molar-refractivity contribution in [3.8, 4) is 17.6 Å². The lowest BCUT2D eigenvalue weighted by atomic mass is 9.68. The fourth-order valence-electron chi connectivity index (χ4n) is 13.1. The Bertz CT molecular complexity index is 2720. The number of likely N-dealkylation sites (tertiary alicyclic amines) is 1. The molecule has 344 valence electrons. The number of ether oxygens (including phenoxy) is 1. The van der Waals surface area contributed by atoms with E-state index in [2.05, 4.69) is 128 Å². The number of carbonyl (C=O) groups is 3. The van der Waals surface area contributed by atoms with Crippen molar-refractivity contribution in [2.45, 2.75) is 88.3 Å². The van der Waals surface area contributed by atoms with Crippen LogP contribution in [-0.4, -0.2) is 110 Å². The molecule has 3 amide bonds. The second-order valence-electron chi connectivity index (χ2n) is 20.9. The van der Waals surface area contributed by atoms with Crippen molar-refractivity contribution in [2.24, 2.45) is 5.41 Å². The lowest BCUT2D eigenvalue weighted by molar-refractivity contribution is -0.135. The highest BCUT2D eigenvalue weighted by atomic mass is 16.5. The van der Waals surface area contributed by atoms with Gasteiger partial charge in [-0.2, -0.15) is 0 Å². The quantitative estimate of drug-likeness (QED) is 0.196. The van der Waals surface area contributed by atoms with E-state index < -0.39 is 6.04 Å². The van der Waals surface area contributed by atoms with Gasteiger partial charge in [-0.25, -0.2) is 0 Å². The number of carbonyl (C=O) groups excluding carboxylic acids is 3. The van der Waals surface area contributed by atoms with Crippen molar-refractivity contribution in [3.05, 3.63) is 130 Å². The Balaban J connectivity index is 0.653. The second-order valence-corrected chi connectivity index (χ2v) is 20.9. The Hall–Kier alpha value is -6.25. The van der Waals surface area contributed by atoms with Crippen LogP contribution >= 0.6 is 0 Å². The molecule has 4 aromatic rings. The molecule has 0 bridgehead atoms. The van der Waals surface area contributed by atoms with Crippen LogP contribution in [0.3, 0.4) is 0 Å². The van der Waals surface area contributed by atoms with Crippen LogP contribution in [0.2, 0.25) is 0 Å². The smallest absolute Gasteiger partial charge is 0.255 e. The summed E-state index contributed by atoms with van der Waals surface area (Å²) in [5.41, 5.74) is 12.5. The lowest BCUT2D eigenvalue weighted by Gasteiger charge is -2.53. The Morgan fingerprint density at radius 3 is 2.46 bits per heavy atom. The molecule has 11 heteroatoms. The van der Waals surface area contributed by atoms with Crippen molar-refractivity contribution in [1.29, 1.82) is 0 Å². The number of piperazine rings is 1. The third-order valence-corrected chi connectivity index (χ3v) is 17.0. The molecule has 1 aliphatic carbocycles. The molecule has 8 aliphatic rings. The number of hydrogen-bond donors (Lipinski definition) is 2. The van der Waals surface area contributed by atoms with E-state index in [4.69, 9.17) is 4.74 Å². The van der Waals surface area contributed by atoms with Gasteiger partial charge in [-0.3, -0.25) is 19.3 Å². The van der Waals surface area contributed by atoms with Crippen LogP contribution < -0.4 is 25.2 Å². The molecule has 0 aromatic heterocycles. The molecule has 2 N–H and O–H groups in total. The zero-order valence-corrected chi connectivity index (χ0v) is 38.7. The minimum absolute atomic E-state index is 0.118. The number of nitrogens with one attached hydrogen (secondary N) is 2. The number of amides is 3. The van der Waals surface area contributed by atoms with Gasteiger partial charge in [0.05, 0.1) is 35.6 Å². The Kier molecular flexibility index (Phi) is 10.4. The zero-order valence-electron chi connectivity index (χ0n) is 38.7. The first kappa shape index (κ1) is 42.1. The predicted octanol–water partition coefficient (Wildman–Crippen LogP) is 7.26. The van der Waals surface area contributed by atoms with Gasteiger partial charge in [0.25, 0.3) is 5.91 Å². The van der Waals surface area contributed by atoms with E-state index in [-0.39, 0.29) is 29.2 Å². The van der Waals surface area contributed by atoms with E-state index in [1.807, 2.05) is 6.07 Å². The van der Waals surface area contributed by atoms with Crippen molar-refractivity contribution in [1.82, 2.24) is 20.0 Å². The molecule has 4 unspecified atom stereocenters. The van der Waals surface area contributed by atoms with Gasteiger partial charge >= 0.3 is 0 Å². The van der Waals surface area contributed by atoms with E-state index in [0.717, 1.165) is 95.6 Å². The first-order valence-corrected chi connectivity index (χ1v) is 24.8. The number of anilines is 3. The molecule has 11 nitrogen and oxygen atoms in total. The number of fused-ring (bicyclic) bond motifs is 7. The molecule has 0 radical (unpaired) electrons. The van der Waals surface area contributed by atoms with Gasteiger partial charge in [0.2, 0.25) is 11.8 Å². The summed E-state index contributed by atoms with van der Waals surface area (Å²) in [5, 5.41) is 6.34. The summed E-state index contributed by atoms with van der Waals surface area (Å²) < 4.78 is 6.40. The molecule has 4 fully saturated rings. The molecule has 4 aromatic carbocycles. The van der Waals surface area contributed by atoms with Crippen molar-refractivity contribution in [3.63, 3.8) is 0 Å². The molecular formula is C56H61N7O4. The van der Waals surface area contributed by atoms with Gasteiger partial charge in [-0.05, 0) is 128 Å². The number of allylic oxidation sites excluding steroid dienone is 1. The number of nitrogens with zero attached hydrogens (tertiary/aromatic N) is 5. The van der Waals surface area contributed by atoms with Crippen molar-refractivity contribution >= 4 is 34.8 Å². The number of hydrogen-bond acceptors (Lipinski definition) is 8. The molecule has 1 spiro atoms. The predicted molar refractivity (Wildman–Crippen MR) is 262 cm³/mol. The third kappa shape index (κ3) is 7.43. The highest BCUT2D eigenvalue weighted by Gasteiger charge is 2.46. The summed E-state index contributed by atoms with van der Waals surface area (Å²) in [7, 11) is 0. The number of piperidine rings is 3. The number of benzene rings is 4. The zero-order chi connectivity index (χ0) is 45.4. The van der Waals surface area contributed by atoms with Crippen LogP contribution in [0, 0.1) is 17.3 Å². The van der Waals surface area contributed by atoms with Gasteiger partial charge in [0.1, 0.15) is 18.4 Å². The Morgan fingerprint density at radius 1 is 0.881 bits per heavy atom. The molecule has 12 rings (SSSR count). The van der Waals surface area contributed by atoms with Gasteiger partial charge in [0.15, 0.2) is 0 Å². The SMILES string of the molecule is C=C1CCC(N2Cc3cc4c(cc3C2=O)OCC2(C)CN(CC(=O)N3CCC5(CC3)CCN(c3ccc(C6c7ccc8c(c7CCC6c6ccccc6)C#CCN8)cc3)CC5)CCN42)C(=O)N1. The molecule has 0 saturated carbocycles. The van der Waals surface area contributed by atoms with Gasteiger partial charge in [-0.1, -0.05) is 67.0 Å². The third-order valence-electron chi connectivity index (χ3n) is 17.0. The van der Waals surface area contributed by atoms with Gasteiger partial charge < -0.3 is 35.0 Å². The minimum Gasteiger partial charge on any atom is -0.489 e. The van der Waals surface area contributed by atoms with Crippen LogP contribution in [0.4, 0.5) is 17.1 Å². The highest BCUT2D eigenvalue weighted by Crippen LogP contribution is 2.49. The van der Waals surface area contributed by atoms with Crippen LogP contribution in [-0.2, 0) is 22.6 Å². The van der Waals surface area contributed by atoms with Crippen LogP contribution in [0.25, 0.3) is 0 Å². The average Bonchev–Trinajstić information content (AvgIpc) is 3.67. The highest BCUT2D eigenvalue weighted by molar-refractivity contribution is 6.02. The molecule has 4 saturated heterocycles. The fourth-order valence-corrected chi connectivity index (χ4v) is 13.1. The standard InChI is InChI=1S/C56H61N7O4/c1-37-10-19-48(53(65)58-37)62-33-40-31-49-50(32-46(40)54(62)66)67-36-55(2)35-59(29-30-63(49)55)34-51(64)61-27-22-56(23-28-61)20-25-60(26-21-56)41-13-11-39(12-14-41)52-42(38-7-4-3-5-8-38)15-16-43-44-9-6-24-57-47(44)18-17-45(43)52/h3-5,7-8,11-14,17-18,31-32,42,48,52,57H,1,10,15-16,19-30,33-36H2,2H3,(H,58,65). The summed E-state index contributed by atoms with van der Waals surface area (Å²) in [6.45, 7) is 14.1. The Labute approximate surface area is 394 Å². The molecule has 4 atom stereocenters. The van der Waals surface area contributed by atoms with E-state index in [0.29, 0.717) is 67.4 Å². The first-order chi connectivity index (χ1) is 32.6. The summed E-state index contributed by atoms with van der Waals surface area (Å²) >= 11 is 0. The maximum atomic E-state index is 13.9. The van der Waals surface area contributed by atoms with E-state index in [1.54, 1.807) is 4.90 Å². The summed E-state index contributed by atoms with van der Waals surface area (Å²) in [4.78, 5) is 51.4. The monoisotopic (exact) mass is 895 g/mol. The Morgan fingerprint density at radius 2 is 1.67 bits per heavy atom. The maximum Gasteiger partial charge on any atom is 0.255 e. The fraction of sp³-hybridized carbons (Fsp3) is 0.446. The van der Waals surface area contributed by atoms with E-state index in [9.17, 15) is 14.4 Å². The lowest BCUT2D eigenvalue weighted by Crippen LogP contribution is -2.66. The van der Waals surface area contributed by atoms with E-state index >= 15 is 0 Å². The normalized spacial score (nSPS) is 26.2. The summed E-state index contributed by atoms with van der Waals surface area (Å²) in [6, 6.07) is 28.7. The molecule has 7 heterocycles. The maximum absolute atomic E-state index is 13.9. The minimum atomic E-state index is -0.496. The van der Waals surface area contributed by atoms with Crippen molar-refractivity contribution < 1.29 is 19.1 Å². The van der Waals surface area contributed by atoms with Crippen LogP contribution in [0.1, 0.15) is 107 Å². The first-order valence-electron chi connectivity index (χ1n) is 24.8. The van der Waals surface area contributed by atoms with Crippen LogP contribution in [0.5, 0.6) is 5.75 Å². The van der Waals surface area contributed by atoms with Gasteiger partial charge in [0, 0.05) is 75.2 Å². The largest absolute Gasteiger partial charge is 0.489 e. The second kappa shape index (κ2) is 16.5. The summed E-state index contributed by atoms with van der Waals surface area (Å²) in [5.74, 6) is 8.14. The molecule has 7 aliphatic heterocycles. The van der Waals surface area contributed by atoms with Gasteiger partial charge in [-0.15, -0.1) is 0 Å². The topological polar surface area (TPSA) is 101 Å².